The first-order chi connectivity index (χ1) is 29.4. The molecule has 0 spiro atoms. The highest BCUT2D eigenvalue weighted by Crippen LogP contribution is 2.24. The van der Waals surface area contributed by atoms with Gasteiger partial charge < -0.3 is 57.4 Å². The fourth-order valence-corrected chi connectivity index (χ4v) is 9.23. The number of aromatic hydroxyl groups is 2. The number of aliphatic carboxylic acids is 1. The Morgan fingerprint density at radius 3 is 1.82 bits per heavy atom. The van der Waals surface area contributed by atoms with Gasteiger partial charge in [0.05, 0.1) is 25.1 Å². The lowest BCUT2D eigenvalue weighted by Crippen LogP contribution is -2.60. The van der Waals surface area contributed by atoms with Gasteiger partial charge in [-0.1, -0.05) is 45.9 Å². The average molecular weight is 905 g/mol. The van der Waals surface area contributed by atoms with Crippen LogP contribution in [-0.4, -0.2) is 158 Å². The monoisotopic (exact) mass is 904 g/mol. The van der Waals surface area contributed by atoms with Gasteiger partial charge in [0.15, 0.2) is 0 Å². The minimum absolute atomic E-state index is 0.00770. The molecule has 0 aromatic heterocycles. The Hall–Kier alpha value is -5.13. The fraction of sp³-hybridized carbons (Fsp3) is 0.525. The van der Waals surface area contributed by atoms with Crippen molar-refractivity contribution in [1.82, 2.24) is 42.1 Å². The number of benzene rings is 2. The number of carbonyl (C=O) groups is 7. The lowest BCUT2D eigenvalue weighted by atomic mass is 10.0. The van der Waals surface area contributed by atoms with E-state index in [1.807, 2.05) is 11.9 Å². The molecule has 2 aliphatic heterocycles. The van der Waals surface area contributed by atoms with E-state index in [-0.39, 0.29) is 41.9 Å². The van der Waals surface area contributed by atoms with Gasteiger partial charge in [0.2, 0.25) is 35.4 Å². The first-order valence-electron chi connectivity index (χ1n) is 20.0. The van der Waals surface area contributed by atoms with E-state index in [4.69, 9.17) is 0 Å². The highest BCUT2D eigenvalue weighted by molar-refractivity contribution is 8.76. The first-order valence-corrected chi connectivity index (χ1v) is 22.5. The van der Waals surface area contributed by atoms with Crippen molar-refractivity contribution in [3.63, 3.8) is 0 Å². The summed E-state index contributed by atoms with van der Waals surface area (Å²) < 4.78 is 0. The van der Waals surface area contributed by atoms with Gasteiger partial charge in [-0.05, 0) is 75.7 Å². The molecule has 340 valence electrons. The summed E-state index contributed by atoms with van der Waals surface area (Å²) in [6.45, 7) is 3.03. The summed E-state index contributed by atoms with van der Waals surface area (Å²) in [5, 5.41) is 69.2. The van der Waals surface area contributed by atoms with Crippen LogP contribution in [0.4, 0.5) is 0 Å². The van der Waals surface area contributed by atoms with Gasteiger partial charge >= 0.3 is 5.97 Å². The van der Waals surface area contributed by atoms with E-state index in [1.165, 1.54) is 77.0 Å². The predicted octanol–water partition coefficient (Wildman–Crippen LogP) is -1.94. The number of aliphatic hydroxyl groups is 2. The van der Waals surface area contributed by atoms with Crippen LogP contribution < -0.4 is 37.2 Å². The summed E-state index contributed by atoms with van der Waals surface area (Å²) in [4.78, 5) is 96.2. The Morgan fingerprint density at radius 2 is 1.29 bits per heavy atom. The van der Waals surface area contributed by atoms with Gasteiger partial charge in [0.25, 0.3) is 0 Å². The molecule has 6 amide bonds. The van der Waals surface area contributed by atoms with E-state index in [9.17, 15) is 59.1 Å². The average Bonchev–Trinajstić information content (AvgIpc) is 3.65. The van der Waals surface area contributed by atoms with Gasteiger partial charge in [0.1, 0.15) is 41.9 Å². The lowest BCUT2D eigenvalue weighted by Gasteiger charge is -2.30. The molecule has 62 heavy (non-hydrogen) atoms. The Kier molecular flexibility index (Phi) is 19.1. The summed E-state index contributed by atoms with van der Waals surface area (Å²) in [5.41, 5.74) is 0.906. The zero-order chi connectivity index (χ0) is 45.5. The standard InChI is InChI=1S/C40H56N8O12S2/c1-21-19-61-62-20-30(46-39(59)31-5-4-14-48(31)3)38(58)45-29(17-33(53)54)37(57)44-28(16-24-8-12-26(51)13-9-24)36(56)43-27(15-23-6-10-25(50)11-7-23)35(55)41-18-32(52)47-34(22(2)49)40(60)42-21/h6-13,21-22,27-31,34,39,46,49-51,59H,4-5,14-20H2,1-3H3,(H,41,55)(H,42,60)(H,43,56)(H,44,57)(H,45,58)(H,47,52)(H,53,54)/t21-,22?,27+,28+,29+,30+,31?,34+,39+/m1/s1. The highest BCUT2D eigenvalue weighted by Gasteiger charge is 2.36. The van der Waals surface area contributed by atoms with E-state index in [2.05, 4.69) is 37.2 Å². The number of phenolic OH excluding ortho intramolecular Hbond substituents is 2. The number of hydrogen-bond donors (Lipinski definition) is 12. The molecule has 20 nitrogen and oxygen atoms in total. The summed E-state index contributed by atoms with van der Waals surface area (Å²) >= 11 is 0. The zero-order valence-electron chi connectivity index (χ0n) is 34.5. The van der Waals surface area contributed by atoms with Crippen molar-refractivity contribution in [1.29, 1.82) is 0 Å². The number of nitrogens with zero attached hydrogens (tertiary/aromatic N) is 1. The zero-order valence-corrected chi connectivity index (χ0v) is 36.2. The molecule has 0 saturated carbocycles. The summed E-state index contributed by atoms with van der Waals surface area (Å²) in [5.74, 6) is -6.53. The van der Waals surface area contributed by atoms with Crippen molar-refractivity contribution in [2.45, 2.75) is 101 Å². The second-order valence-corrected chi connectivity index (χ2v) is 17.9. The van der Waals surface area contributed by atoms with E-state index in [1.54, 1.807) is 6.92 Å². The number of rotatable bonds is 10. The summed E-state index contributed by atoms with van der Waals surface area (Å²) in [6, 6.07) is 3.29. The number of carboxylic acids is 1. The van der Waals surface area contributed by atoms with E-state index < -0.39 is 103 Å². The molecule has 0 aliphatic carbocycles. The predicted molar refractivity (Wildman–Crippen MR) is 229 cm³/mol. The van der Waals surface area contributed by atoms with Crippen LogP contribution in [0.15, 0.2) is 48.5 Å². The third-order valence-corrected chi connectivity index (χ3v) is 12.8. The Labute approximate surface area is 366 Å². The maximum atomic E-state index is 14.2. The maximum absolute atomic E-state index is 14.2. The number of aliphatic hydroxyl groups excluding tert-OH is 2. The number of carbonyl (C=O) groups excluding carboxylic acids is 6. The van der Waals surface area contributed by atoms with Gasteiger partial charge in [-0.15, -0.1) is 0 Å². The van der Waals surface area contributed by atoms with Crippen LogP contribution in [0.25, 0.3) is 0 Å². The van der Waals surface area contributed by atoms with Gasteiger partial charge in [0, 0.05) is 36.4 Å². The van der Waals surface area contributed by atoms with Gasteiger partial charge in [-0.3, -0.25) is 43.8 Å². The van der Waals surface area contributed by atoms with Gasteiger partial charge in [-0.2, -0.15) is 0 Å². The van der Waals surface area contributed by atoms with E-state index >= 15 is 0 Å². The van der Waals surface area contributed by atoms with Crippen LogP contribution in [0.1, 0.15) is 44.2 Å². The Bertz CT molecular complexity index is 1880. The molecule has 12 N–H and O–H groups in total. The molecule has 2 aliphatic rings. The number of nitrogens with one attached hydrogen (secondary N) is 7. The molecule has 2 heterocycles. The molecule has 2 aromatic rings. The topological polar surface area (TPSA) is 308 Å². The molecule has 4 rings (SSSR count). The second kappa shape index (κ2) is 23.9. The minimum atomic E-state index is -1.73. The normalized spacial score (nSPS) is 26.8. The third kappa shape index (κ3) is 15.6. The second-order valence-electron chi connectivity index (χ2n) is 15.4. The minimum Gasteiger partial charge on any atom is -0.508 e. The van der Waals surface area contributed by atoms with Crippen LogP contribution in [0.3, 0.4) is 0 Å². The number of likely N-dealkylation sites (N-methyl/N-ethyl adjacent to an activating group) is 1. The lowest BCUT2D eigenvalue weighted by molar-refractivity contribution is -0.141. The van der Waals surface area contributed by atoms with Crippen molar-refractivity contribution in [2.75, 3.05) is 31.6 Å². The van der Waals surface area contributed by atoms with Crippen molar-refractivity contribution < 1.29 is 59.1 Å². The largest absolute Gasteiger partial charge is 0.508 e. The molecule has 9 atom stereocenters. The molecule has 0 bridgehead atoms. The van der Waals surface area contributed by atoms with E-state index in [0.29, 0.717) is 17.5 Å². The SMILES string of the molecule is CC(O)[C@@H]1NC(=O)CNC(=O)[C@H](Cc2ccc(O)cc2)NC(=O)[C@H](Cc2ccc(O)cc2)NC(=O)[C@H](CC(=O)O)NC(=O)[C@@H](N[C@@H](O)C2CCCN2C)CSSC[C@@H](C)NC1=O. The molecule has 2 saturated heterocycles. The van der Waals surface area contributed by atoms with Crippen LogP contribution in [0.2, 0.25) is 0 Å². The third-order valence-electron chi connectivity index (χ3n) is 10.2. The fourth-order valence-electron chi connectivity index (χ4n) is 6.77. The van der Waals surface area contributed by atoms with Crippen LogP contribution in [0, 0.1) is 0 Å². The molecular formula is C40H56N8O12S2. The number of amides is 6. The number of phenols is 2. The van der Waals surface area contributed by atoms with Gasteiger partial charge in [-0.25, -0.2) is 0 Å². The number of likely N-dealkylation sites (tertiary alicyclic amines) is 1. The number of hydrogen-bond acceptors (Lipinski definition) is 15. The first kappa shape index (κ1) is 49.5. The van der Waals surface area contributed by atoms with Crippen LogP contribution >= 0.6 is 21.6 Å². The van der Waals surface area contributed by atoms with Crippen molar-refractivity contribution in [3.8, 4) is 11.5 Å². The van der Waals surface area contributed by atoms with Crippen molar-refractivity contribution in [2.24, 2.45) is 0 Å². The quantitative estimate of drug-likeness (QED) is 0.0913. The molecule has 2 fully saturated rings. The summed E-state index contributed by atoms with van der Waals surface area (Å²) in [6.07, 6.45) is -2.39. The molecular weight excluding hydrogens is 849 g/mol. The molecule has 2 unspecified atom stereocenters. The number of carboxylic acid groups (broad SMARTS) is 1. The van der Waals surface area contributed by atoms with Crippen molar-refractivity contribution >= 4 is 63.0 Å². The highest BCUT2D eigenvalue weighted by atomic mass is 33.1. The van der Waals surface area contributed by atoms with E-state index in [0.717, 1.165) is 13.0 Å². The molecule has 22 heteroatoms. The Morgan fingerprint density at radius 1 is 0.758 bits per heavy atom. The maximum Gasteiger partial charge on any atom is 0.305 e. The van der Waals surface area contributed by atoms with Crippen LogP contribution in [-0.2, 0) is 46.4 Å². The summed E-state index contributed by atoms with van der Waals surface area (Å²) in [7, 11) is 4.29. The molecule has 2 aromatic carbocycles. The van der Waals surface area contributed by atoms with Crippen molar-refractivity contribution in [3.05, 3.63) is 59.7 Å². The molecule has 0 radical (unpaired) electrons. The van der Waals surface area contributed by atoms with Crippen LogP contribution in [0.5, 0.6) is 11.5 Å². The Balaban J connectivity index is 1.71. The smallest absolute Gasteiger partial charge is 0.305 e.